The fourth-order valence-electron chi connectivity index (χ4n) is 3.95. The van der Waals surface area contributed by atoms with Gasteiger partial charge in [-0.25, -0.2) is 9.97 Å². The van der Waals surface area contributed by atoms with E-state index in [4.69, 9.17) is 26.8 Å². The van der Waals surface area contributed by atoms with Gasteiger partial charge in [0.25, 0.3) is 5.89 Å². The fraction of sp³-hybridized carbons (Fsp3) is 0.364. The van der Waals surface area contributed by atoms with Crippen molar-refractivity contribution in [1.29, 1.82) is 0 Å². The van der Waals surface area contributed by atoms with Crippen molar-refractivity contribution in [1.82, 2.24) is 34.9 Å². The summed E-state index contributed by atoms with van der Waals surface area (Å²) in [6.45, 7) is 2.02. The average Bonchev–Trinajstić information content (AvgIpc) is 3.38. The first-order valence-corrected chi connectivity index (χ1v) is 11.2. The van der Waals surface area contributed by atoms with Crippen LogP contribution in [0.2, 0.25) is 0 Å². The average molecular weight is 467 g/mol. The second-order valence-corrected chi connectivity index (χ2v) is 8.67. The Morgan fingerprint density at radius 2 is 1.97 bits per heavy atom. The number of pyridine rings is 1. The van der Waals surface area contributed by atoms with Crippen LogP contribution in [-0.4, -0.2) is 52.5 Å². The van der Waals surface area contributed by atoms with E-state index in [1.807, 2.05) is 18.3 Å². The van der Waals surface area contributed by atoms with Gasteiger partial charge in [0.05, 0.1) is 35.5 Å². The number of aliphatic hydroxyl groups excluding tert-OH is 1. The molecule has 4 heterocycles. The molecule has 33 heavy (non-hydrogen) atoms. The maximum atomic E-state index is 9.45. The molecule has 5 rings (SSSR count). The summed E-state index contributed by atoms with van der Waals surface area (Å²) >= 11 is 5.90. The van der Waals surface area contributed by atoms with Crippen LogP contribution in [0.4, 0.5) is 5.95 Å². The smallest absolute Gasteiger partial charge is 0.261 e. The first-order chi connectivity index (χ1) is 16.0. The van der Waals surface area contributed by atoms with Crippen LogP contribution in [0.15, 0.2) is 47.6 Å². The maximum absolute atomic E-state index is 9.45. The first kappa shape index (κ1) is 21.5. The number of nitrogens with two attached hydrogens (primary N) is 1. The van der Waals surface area contributed by atoms with Crippen LogP contribution in [0.25, 0.3) is 22.7 Å². The van der Waals surface area contributed by atoms with Gasteiger partial charge in [0.15, 0.2) is 5.82 Å². The van der Waals surface area contributed by atoms with Gasteiger partial charge in [-0.1, -0.05) is 11.2 Å². The number of nitrogens with zero attached hydrogens (tertiary/aromatic N) is 7. The molecule has 170 valence electrons. The van der Waals surface area contributed by atoms with Gasteiger partial charge in [-0.15, -0.1) is 11.6 Å². The monoisotopic (exact) mass is 466 g/mol. The number of rotatable bonds is 8. The molecule has 1 saturated carbocycles. The molecule has 0 radical (unpaired) electrons. The van der Waals surface area contributed by atoms with Gasteiger partial charge in [-0.05, 0) is 37.3 Å². The lowest BCUT2D eigenvalue weighted by molar-refractivity contribution is 0.231. The normalized spacial score (nSPS) is 16.5. The molecule has 11 heteroatoms. The zero-order valence-corrected chi connectivity index (χ0v) is 18.7. The molecule has 1 fully saturated rings. The minimum Gasteiger partial charge on any atom is -0.394 e. The lowest BCUT2D eigenvalue weighted by Crippen LogP contribution is -2.28. The Morgan fingerprint density at radius 3 is 2.61 bits per heavy atom. The number of hydrogen-bond acceptors (Lipinski definition) is 9. The Labute approximate surface area is 194 Å². The largest absolute Gasteiger partial charge is 0.394 e. The van der Waals surface area contributed by atoms with Gasteiger partial charge in [0.2, 0.25) is 5.95 Å². The lowest BCUT2D eigenvalue weighted by Gasteiger charge is -2.26. The van der Waals surface area contributed by atoms with Crippen LogP contribution in [0.3, 0.4) is 0 Å². The van der Waals surface area contributed by atoms with Crippen molar-refractivity contribution < 1.29 is 9.63 Å². The third kappa shape index (κ3) is 3.96. The van der Waals surface area contributed by atoms with Crippen molar-refractivity contribution in [2.75, 3.05) is 18.2 Å². The van der Waals surface area contributed by atoms with E-state index in [-0.39, 0.29) is 24.5 Å². The Bertz CT molecular complexity index is 1230. The second kappa shape index (κ2) is 8.53. The molecule has 0 aliphatic heterocycles. The highest BCUT2D eigenvalue weighted by Crippen LogP contribution is 2.50. The highest BCUT2D eigenvalue weighted by atomic mass is 35.5. The molecular formula is C22H23ClN8O2. The van der Waals surface area contributed by atoms with Gasteiger partial charge in [0, 0.05) is 36.2 Å². The number of anilines is 1. The van der Waals surface area contributed by atoms with Crippen LogP contribution < -0.4 is 5.73 Å². The van der Waals surface area contributed by atoms with Crippen LogP contribution >= 0.6 is 11.6 Å². The van der Waals surface area contributed by atoms with Crippen molar-refractivity contribution in [3.05, 3.63) is 54.5 Å². The number of aliphatic hydroxyl groups is 1. The van der Waals surface area contributed by atoms with E-state index in [1.165, 1.54) is 0 Å². The SMILES string of the molecule is CC(c1ccc(-c2cnc(N)nc2)nc1)(c1noc(-c2cnn(C(CO)CCl)c2)n1)C1CC1. The van der Waals surface area contributed by atoms with Crippen molar-refractivity contribution in [3.8, 4) is 22.7 Å². The van der Waals surface area contributed by atoms with Crippen LogP contribution in [0, 0.1) is 5.92 Å². The highest BCUT2D eigenvalue weighted by molar-refractivity contribution is 6.18. The van der Waals surface area contributed by atoms with Crippen LogP contribution in [-0.2, 0) is 5.41 Å². The standard InChI is InChI=1S/C22H23ClN8O2/c1-22(15-2-3-15,16-4-5-18(25-10-16)13-7-26-21(24)27-8-13)20-29-19(33-30-20)14-9-28-31(11-14)17(6-23)12-32/h4-5,7-11,15,17,32H,2-3,6,12H2,1H3,(H2,24,26,27). The molecule has 10 nitrogen and oxygen atoms in total. The quantitative estimate of drug-likeness (QED) is 0.374. The predicted molar refractivity (Wildman–Crippen MR) is 121 cm³/mol. The lowest BCUT2D eigenvalue weighted by atomic mass is 9.77. The second-order valence-electron chi connectivity index (χ2n) is 8.36. The summed E-state index contributed by atoms with van der Waals surface area (Å²) in [5.74, 6) is 1.85. The van der Waals surface area contributed by atoms with Gasteiger partial charge in [-0.3, -0.25) is 9.67 Å². The molecule has 0 aromatic carbocycles. The third-order valence-corrected chi connectivity index (χ3v) is 6.58. The molecule has 4 aromatic heterocycles. The molecule has 3 N–H and O–H groups in total. The number of nitrogen functional groups attached to an aromatic ring is 1. The highest BCUT2D eigenvalue weighted by Gasteiger charge is 2.47. The van der Waals surface area contributed by atoms with Crippen molar-refractivity contribution >= 4 is 17.5 Å². The van der Waals surface area contributed by atoms with E-state index in [0.717, 1.165) is 29.7 Å². The number of aromatic nitrogens is 7. The molecule has 1 aliphatic carbocycles. The Morgan fingerprint density at radius 1 is 1.18 bits per heavy atom. The van der Waals surface area contributed by atoms with E-state index in [1.54, 1.807) is 29.5 Å². The number of halogens is 1. The van der Waals surface area contributed by atoms with E-state index >= 15 is 0 Å². The summed E-state index contributed by atoms with van der Waals surface area (Å²) in [5.41, 5.74) is 8.37. The zero-order valence-electron chi connectivity index (χ0n) is 18.0. The summed E-state index contributed by atoms with van der Waals surface area (Å²) in [6.07, 6.45) is 10.7. The molecule has 4 aromatic rings. The minimum atomic E-state index is -0.440. The molecular weight excluding hydrogens is 444 g/mol. The van der Waals surface area contributed by atoms with E-state index in [9.17, 15) is 5.11 Å². The number of hydrogen-bond donors (Lipinski definition) is 2. The van der Waals surface area contributed by atoms with Crippen LogP contribution in [0.5, 0.6) is 0 Å². The third-order valence-electron chi connectivity index (χ3n) is 6.23. The summed E-state index contributed by atoms with van der Waals surface area (Å²) < 4.78 is 7.21. The Balaban J connectivity index is 1.45. The summed E-state index contributed by atoms with van der Waals surface area (Å²) in [4.78, 5) is 17.4. The van der Waals surface area contributed by atoms with Gasteiger partial charge >= 0.3 is 0 Å². The molecule has 0 spiro atoms. The topological polar surface area (TPSA) is 142 Å². The van der Waals surface area contributed by atoms with E-state index in [2.05, 4.69) is 32.1 Å². The minimum absolute atomic E-state index is 0.106. The molecule has 0 amide bonds. The summed E-state index contributed by atoms with van der Waals surface area (Å²) in [7, 11) is 0. The maximum Gasteiger partial charge on any atom is 0.261 e. The molecule has 2 unspecified atom stereocenters. The fourth-order valence-corrected chi connectivity index (χ4v) is 4.19. The van der Waals surface area contributed by atoms with E-state index in [0.29, 0.717) is 23.2 Å². The van der Waals surface area contributed by atoms with E-state index < -0.39 is 5.41 Å². The number of alkyl halides is 1. The Kier molecular flexibility index (Phi) is 5.55. The predicted octanol–water partition coefficient (Wildman–Crippen LogP) is 2.86. The first-order valence-electron chi connectivity index (χ1n) is 10.6. The Hall–Kier alpha value is -3.37. The molecule has 2 atom stereocenters. The van der Waals surface area contributed by atoms with Gasteiger partial charge < -0.3 is 15.4 Å². The van der Waals surface area contributed by atoms with Crippen molar-refractivity contribution in [2.24, 2.45) is 5.92 Å². The summed E-state index contributed by atoms with van der Waals surface area (Å²) in [5, 5.41) is 18.1. The molecule has 0 saturated heterocycles. The van der Waals surface area contributed by atoms with Gasteiger partial charge in [0.1, 0.15) is 0 Å². The van der Waals surface area contributed by atoms with Crippen molar-refractivity contribution in [2.45, 2.75) is 31.2 Å². The van der Waals surface area contributed by atoms with Gasteiger partial charge in [-0.2, -0.15) is 10.1 Å². The summed E-state index contributed by atoms with van der Waals surface area (Å²) in [6, 6.07) is 3.67. The molecule has 0 bridgehead atoms. The van der Waals surface area contributed by atoms with Crippen molar-refractivity contribution in [3.63, 3.8) is 0 Å². The molecule has 1 aliphatic rings. The zero-order chi connectivity index (χ0) is 23.0. The van der Waals surface area contributed by atoms with Crippen LogP contribution in [0.1, 0.15) is 37.2 Å².